The second-order valence-corrected chi connectivity index (χ2v) is 3.73. The van der Waals surface area contributed by atoms with E-state index in [1.807, 2.05) is 0 Å². The van der Waals surface area contributed by atoms with Crippen LogP contribution >= 0.6 is 0 Å². The number of morpholine rings is 1. The fourth-order valence-electron chi connectivity index (χ4n) is 1.57. The molecular formula is C11H14N2O4. The van der Waals surface area contributed by atoms with Crippen LogP contribution in [0.5, 0.6) is 11.5 Å². The van der Waals surface area contributed by atoms with Crippen molar-refractivity contribution in [2.75, 3.05) is 31.6 Å². The number of urea groups is 1. The summed E-state index contributed by atoms with van der Waals surface area (Å²) in [5, 5.41) is 21.1. The first-order valence-corrected chi connectivity index (χ1v) is 5.32. The fourth-order valence-corrected chi connectivity index (χ4v) is 1.57. The highest BCUT2D eigenvalue weighted by atomic mass is 16.5. The van der Waals surface area contributed by atoms with Crippen LogP contribution in [-0.2, 0) is 4.74 Å². The summed E-state index contributed by atoms with van der Waals surface area (Å²) >= 11 is 0. The molecule has 1 saturated heterocycles. The summed E-state index contributed by atoms with van der Waals surface area (Å²) < 4.78 is 5.14. The number of carbonyl (C=O) groups excluding carboxylic acids is 1. The molecule has 0 aliphatic carbocycles. The number of phenolic OH excluding ortho intramolecular Hbond substituents is 2. The molecule has 1 heterocycles. The minimum absolute atomic E-state index is 0.214. The minimum Gasteiger partial charge on any atom is -0.504 e. The number of ether oxygens (including phenoxy) is 1. The van der Waals surface area contributed by atoms with Gasteiger partial charge in [0.05, 0.1) is 13.2 Å². The van der Waals surface area contributed by atoms with E-state index < -0.39 is 0 Å². The molecule has 0 spiro atoms. The molecule has 92 valence electrons. The minimum atomic E-state index is -0.259. The molecule has 0 saturated carbocycles. The summed E-state index contributed by atoms with van der Waals surface area (Å²) in [5.74, 6) is -0.473. The van der Waals surface area contributed by atoms with Crippen molar-refractivity contribution in [2.45, 2.75) is 0 Å². The van der Waals surface area contributed by atoms with Gasteiger partial charge >= 0.3 is 6.03 Å². The van der Waals surface area contributed by atoms with E-state index in [-0.39, 0.29) is 17.5 Å². The summed E-state index contributed by atoms with van der Waals surface area (Å²) in [5.41, 5.74) is 0.441. The van der Waals surface area contributed by atoms with Crippen LogP contribution in [0.2, 0.25) is 0 Å². The van der Waals surface area contributed by atoms with Crippen molar-refractivity contribution in [1.82, 2.24) is 4.90 Å². The first kappa shape index (κ1) is 11.5. The summed E-state index contributed by atoms with van der Waals surface area (Å²) in [6.07, 6.45) is 0. The molecule has 2 amide bonds. The van der Waals surface area contributed by atoms with E-state index in [1.165, 1.54) is 18.2 Å². The molecule has 6 heteroatoms. The van der Waals surface area contributed by atoms with Crippen LogP contribution in [-0.4, -0.2) is 47.4 Å². The van der Waals surface area contributed by atoms with Crippen LogP contribution in [0.4, 0.5) is 10.5 Å². The molecule has 3 N–H and O–H groups in total. The van der Waals surface area contributed by atoms with Gasteiger partial charge in [-0.15, -0.1) is 0 Å². The van der Waals surface area contributed by atoms with Gasteiger partial charge in [0.1, 0.15) is 0 Å². The zero-order valence-electron chi connectivity index (χ0n) is 9.22. The maximum Gasteiger partial charge on any atom is 0.322 e. The molecule has 0 radical (unpaired) electrons. The molecule has 1 aliphatic heterocycles. The Labute approximate surface area is 98.4 Å². The lowest BCUT2D eigenvalue weighted by Crippen LogP contribution is -2.43. The molecule has 1 aromatic rings. The number of nitrogens with zero attached hydrogens (tertiary/aromatic N) is 1. The van der Waals surface area contributed by atoms with Gasteiger partial charge in [-0.25, -0.2) is 4.79 Å². The lowest BCUT2D eigenvalue weighted by Gasteiger charge is -2.26. The van der Waals surface area contributed by atoms with E-state index in [0.29, 0.717) is 32.0 Å². The van der Waals surface area contributed by atoms with E-state index in [1.54, 1.807) is 4.90 Å². The van der Waals surface area contributed by atoms with E-state index in [2.05, 4.69) is 5.32 Å². The normalized spacial score (nSPS) is 15.6. The van der Waals surface area contributed by atoms with Gasteiger partial charge in [0.25, 0.3) is 0 Å². The van der Waals surface area contributed by atoms with Gasteiger partial charge in [0.2, 0.25) is 0 Å². The molecule has 0 unspecified atom stereocenters. The average Bonchev–Trinajstić information content (AvgIpc) is 2.35. The Morgan fingerprint density at radius 3 is 2.59 bits per heavy atom. The third-order valence-electron chi connectivity index (χ3n) is 2.52. The Bertz CT molecular complexity index is 416. The predicted octanol–water partition coefficient (Wildman–Crippen LogP) is 0.962. The number of nitrogens with one attached hydrogen (secondary N) is 1. The van der Waals surface area contributed by atoms with Crippen molar-refractivity contribution >= 4 is 11.7 Å². The Balaban J connectivity index is 1.99. The first-order valence-electron chi connectivity index (χ1n) is 5.32. The zero-order valence-corrected chi connectivity index (χ0v) is 9.22. The van der Waals surface area contributed by atoms with Gasteiger partial charge in [-0.3, -0.25) is 0 Å². The molecule has 1 aromatic carbocycles. The summed E-state index contributed by atoms with van der Waals surface area (Å²) in [7, 11) is 0. The number of hydrogen-bond donors (Lipinski definition) is 3. The summed E-state index contributed by atoms with van der Waals surface area (Å²) in [6, 6.07) is 3.91. The molecule has 6 nitrogen and oxygen atoms in total. The van der Waals surface area contributed by atoms with Crippen molar-refractivity contribution in [3.63, 3.8) is 0 Å². The second kappa shape index (κ2) is 4.92. The number of carbonyl (C=O) groups is 1. The van der Waals surface area contributed by atoms with Crippen LogP contribution in [0.1, 0.15) is 0 Å². The van der Waals surface area contributed by atoms with Crippen molar-refractivity contribution < 1.29 is 19.7 Å². The summed E-state index contributed by atoms with van der Waals surface area (Å²) in [4.78, 5) is 13.4. The number of anilines is 1. The Hall–Kier alpha value is -1.95. The number of rotatable bonds is 1. The van der Waals surface area contributed by atoms with Gasteiger partial charge in [-0.2, -0.15) is 0 Å². The molecule has 2 rings (SSSR count). The molecule has 1 aliphatic rings. The number of amides is 2. The van der Waals surface area contributed by atoms with Gasteiger partial charge in [0, 0.05) is 24.8 Å². The van der Waals surface area contributed by atoms with Crippen LogP contribution in [0.3, 0.4) is 0 Å². The highest BCUT2D eigenvalue weighted by Gasteiger charge is 2.16. The monoisotopic (exact) mass is 238 g/mol. The molecule has 17 heavy (non-hydrogen) atoms. The molecule has 0 aromatic heterocycles. The van der Waals surface area contributed by atoms with Gasteiger partial charge in [0.15, 0.2) is 11.5 Å². The maximum absolute atomic E-state index is 11.8. The molecular weight excluding hydrogens is 224 g/mol. The van der Waals surface area contributed by atoms with Gasteiger partial charge in [-0.1, -0.05) is 0 Å². The number of benzene rings is 1. The second-order valence-electron chi connectivity index (χ2n) is 3.73. The van der Waals surface area contributed by atoms with Crippen LogP contribution in [0, 0.1) is 0 Å². The Kier molecular flexibility index (Phi) is 3.34. The highest BCUT2D eigenvalue weighted by Crippen LogP contribution is 2.27. The van der Waals surface area contributed by atoms with Crippen molar-refractivity contribution in [1.29, 1.82) is 0 Å². The highest BCUT2D eigenvalue weighted by molar-refractivity contribution is 5.89. The van der Waals surface area contributed by atoms with E-state index >= 15 is 0 Å². The van der Waals surface area contributed by atoms with E-state index in [0.717, 1.165) is 0 Å². The third-order valence-corrected chi connectivity index (χ3v) is 2.52. The smallest absolute Gasteiger partial charge is 0.322 e. The van der Waals surface area contributed by atoms with E-state index in [4.69, 9.17) is 9.84 Å². The Morgan fingerprint density at radius 1 is 1.24 bits per heavy atom. The van der Waals surface area contributed by atoms with Crippen LogP contribution in [0.25, 0.3) is 0 Å². The SMILES string of the molecule is O=C(Nc1ccc(O)c(O)c1)N1CCOCC1. The van der Waals surface area contributed by atoms with Crippen molar-refractivity contribution in [3.8, 4) is 11.5 Å². The number of aromatic hydroxyl groups is 2. The van der Waals surface area contributed by atoms with E-state index in [9.17, 15) is 9.90 Å². The lowest BCUT2D eigenvalue weighted by molar-refractivity contribution is 0.0564. The van der Waals surface area contributed by atoms with Crippen LogP contribution in [0.15, 0.2) is 18.2 Å². The fraction of sp³-hybridized carbons (Fsp3) is 0.364. The lowest BCUT2D eigenvalue weighted by atomic mass is 10.3. The number of phenols is 2. The Morgan fingerprint density at radius 2 is 1.94 bits per heavy atom. The standard InChI is InChI=1S/C11H14N2O4/c14-9-2-1-8(7-10(9)15)12-11(16)13-3-5-17-6-4-13/h1-2,7,14-15H,3-6H2,(H,12,16). The van der Waals surface area contributed by atoms with Crippen molar-refractivity contribution in [2.24, 2.45) is 0 Å². The molecule has 0 atom stereocenters. The van der Waals surface area contributed by atoms with Gasteiger partial charge in [-0.05, 0) is 12.1 Å². The summed E-state index contributed by atoms with van der Waals surface area (Å²) in [6.45, 7) is 2.17. The molecule has 1 fully saturated rings. The van der Waals surface area contributed by atoms with Crippen molar-refractivity contribution in [3.05, 3.63) is 18.2 Å². The maximum atomic E-state index is 11.8. The molecule has 0 bridgehead atoms. The quantitative estimate of drug-likeness (QED) is 0.503. The first-order chi connectivity index (χ1) is 8.16. The topological polar surface area (TPSA) is 82.0 Å². The number of hydrogen-bond acceptors (Lipinski definition) is 4. The van der Waals surface area contributed by atoms with Gasteiger partial charge < -0.3 is 25.2 Å². The zero-order chi connectivity index (χ0) is 12.3. The largest absolute Gasteiger partial charge is 0.504 e. The van der Waals surface area contributed by atoms with Crippen LogP contribution < -0.4 is 5.32 Å². The predicted molar refractivity (Wildman–Crippen MR) is 61.2 cm³/mol. The average molecular weight is 238 g/mol. The third kappa shape index (κ3) is 2.79.